The summed E-state index contributed by atoms with van der Waals surface area (Å²) < 4.78 is 0. The second kappa shape index (κ2) is 24.7. The smallest absolute Gasteiger partial charge is 0.242 e. The molecule has 0 aromatic heterocycles. The number of nitrogens with two attached hydrogens (primary N) is 2. The maximum atomic E-state index is 12.9. The summed E-state index contributed by atoms with van der Waals surface area (Å²) in [6.45, 7) is 5.72. The number of Topliss-reactive ketones (excluding diaryl/α,β-unsaturated/α-hetero) is 1. The standard InChI is InChI=1S/C22H34N4O2.C21H33N3O2/c23-11-7-10-20(25-21(27)16-26-12-5-1-2-6-13-26)22(28)24-19-14-17-8-3-4-9-18(17)15-19;22-14-8-12-19(23-21(26)17-24-15-5-2-6-16-24)20(25)13-7-11-18-9-3-1-4-10-18/h3-4,8-9,19-20H,1-2,5-7,10-16,23H2,(H,24,28)(H,25,27);1,3-4,9-10,19H,2,5-8,11-17,22H2,(H,23,26)/t20-;19-/m11/s1. The van der Waals surface area contributed by atoms with Gasteiger partial charge < -0.3 is 27.4 Å². The fraction of sp³-hybridized carbons (Fsp3) is 0.628. The van der Waals surface area contributed by atoms with Crippen LogP contribution in [0.1, 0.15) is 100 Å². The number of nitrogens with zero attached hydrogens (tertiary/aromatic N) is 2. The summed E-state index contributed by atoms with van der Waals surface area (Å²) in [6, 6.07) is 17.7. The monoisotopic (exact) mass is 746 g/mol. The molecule has 0 unspecified atom stereocenters. The number of rotatable bonds is 19. The van der Waals surface area contributed by atoms with Crippen LogP contribution in [0, 0.1) is 0 Å². The maximum Gasteiger partial charge on any atom is 0.242 e. The highest BCUT2D eigenvalue weighted by molar-refractivity contribution is 5.90. The van der Waals surface area contributed by atoms with E-state index in [1.807, 2.05) is 30.3 Å². The Morgan fingerprint density at radius 3 is 1.65 bits per heavy atom. The number of piperidine rings is 1. The topological polar surface area (TPSA) is 163 Å². The Balaban J connectivity index is 0.000000241. The molecule has 0 saturated carbocycles. The van der Waals surface area contributed by atoms with Gasteiger partial charge in [0, 0.05) is 12.5 Å². The largest absolute Gasteiger partial charge is 0.351 e. The third-order valence-corrected chi connectivity index (χ3v) is 10.8. The molecular formula is C43H67N7O4. The fourth-order valence-corrected chi connectivity index (χ4v) is 7.77. The van der Waals surface area contributed by atoms with Crippen LogP contribution >= 0.6 is 0 Å². The minimum Gasteiger partial charge on any atom is -0.351 e. The van der Waals surface area contributed by atoms with Crippen LogP contribution in [0.15, 0.2) is 54.6 Å². The number of carbonyl (C=O) groups excluding carboxylic acids is 4. The van der Waals surface area contributed by atoms with E-state index >= 15 is 0 Å². The zero-order valence-electron chi connectivity index (χ0n) is 32.6. The lowest BCUT2D eigenvalue weighted by Gasteiger charge is -2.26. The van der Waals surface area contributed by atoms with E-state index in [2.05, 4.69) is 50.0 Å². The van der Waals surface area contributed by atoms with Gasteiger partial charge in [-0.15, -0.1) is 0 Å². The molecule has 1 aliphatic carbocycles. The molecule has 54 heavy (non-hydrogen) atoms. The van der Waals surface area contributed by atoms with E-state index in [1.54, 1.807) is 0 Å². The number of hydrogen-bond acceptors (Lipinski definition) is 8. The third-order valence-electron chi connectivity index (χ3n) is 10.8. The SMILES string of the molecule is NCCC[C@@H](NC(=O)CN1CCCCC1)C(=O)CCCc1ccccc1.NCCC[C@@H](NC(=O)CN1CCCCCC1)C(=O)NC1Cc2ccccc2C1. The van der Waals surface area contributed by atoms with Crippen LogP contribution in [-0.2, 0) is 38.4 Å². The first-order valence-corrected chi connectivity index (χ1v) is 20.7. The Hall–Kier alpha value is -3.64. The summed E-state index contributed by atoms with van der Waals surface area (Å²) in [7, 11) is 0. The van der Waals surface area contributed by atoms with E-state index in [4.69, 9.17) is 11.5 Å². The number of aryl methyl sites for hydroxylation is 1. The van der Waals surface area contributed by atoms with Crippen molar-refractivity contribution in [1.82, 2.24) is 25.8 Å². The minimum atomic E-state index is -0.508. The van der Waals surface area contributed by atoms with Gasteiger partial charge in [0.1, 0.15) is 6.04 Å². The molecule has 11 nitrogen and oxygen atoms in total. The normalized spacial score (nSPS) is 17.6. The molecule has 2 saturated heterocycles. The Labute approximate surface area is 323 Å². The Morgan fingerprint density at radius 1 is 0.630 bits per heavy atom. The molecule has 298 valence electrons. The maximum absolute atomic E-state index is 12.9. The molecule has 7 N–H and O–H groups in total. The zero-order valence-corrected chi connectivity index (χ0v) is 32.6. The number of nitrogens with one attached hydrogen (secondary N) is 3. The van der Waals surface area contributed by atoms with Crippen molar-refractivity contribution in [2.75, 3.05) is 52.4 Å². The lowest BCUT2D eigenvalue weighted by molar-refractivity contribution is -0.130. The summed E-state index contributed by atoms with van der Waals surface area (Å²) in [5.41, 5.74) is 15.1. The van der Waals surface area contributed by atoms with Crippen LogP contribution in [0.3, 0.4) is 0 Å². The van der Waals surface area contributed by atoms with Gasteiger partial charge in [0.25, 0.3) is 0 Å². The number of fused-ring (bicyclic) bond motifs is 1. The van der Waals surface area contributed by atoms with Gasteiger partial charge in [-0.2, -0.15) is 0 Å². The highest BCUT2D eigenvalue weighted by Crippen LogP contribution is 2.22. The number of ketones is 1. The molecule has 2 aliphatic heterocycles. The fourth-order valence-electron chi connectivity index (χ4n) is 7.77. The van der Waals surface area contributed by atoms with Crippen LogP contribution in [0.4, 0.5) is 0 Å². The molecule has 0 bridgehead atoms. The van der Waals surface area contributed by atoms with Gasteiger partial charge >= 0.3 is 0 Å². The first-order chi connectivity index (χ1) is 26.3. The summed E-state index contributed by atoms with van der Waals surface area (Å²) in [5, 5.41) is 9.07. The van der Waals surface area contributed by atoms with Crippen LogP contribution in [0.2, 0.25) is 0 Å². The van der Waals surface area contributed by atoms with E-state index in [9.17, 15) is 19.2 Å². The summed E-state index contributed by atoms with van der Waals surface area (Å²) in [5.74, 6) is -0.0593. The first-order valence-electron chi connectivity index (χ1n) is 20.7. The van der Waals surface area contributed by atoms with Gasteiger partial charge in [-0.25, -0.2) is 0 Å². The van der Waals surface area contributed by atoms with Gasteiger partial charge in [0.05, 0.1) is 19.1 Å². The molecule has 0 radical (unpaired) electrons. The van der Waals surface area contributed by atoms with E-state index in [1.165, 1.54) is 36.0 Å². The molecule has 2 heterocycles. The van der Waals surface area contributed by atoms with Gasteiger partial charge in [0.2, 0.25) is 17.7 Å². The summed E-state index contributed by atoms with van der Waals surface area (Å²) >= 11 is 0. The molecular weight excluding hydrogens is 679 g/mol. The quantitative estimate of drug-likeness (QED) is 0.146. The van der Waals surface area contributed by atoms with Crippen molar-refractivity contribution in [2.24, 2.45) is 11.5 Å². The molecule has 2 atom stereocenters. The van der Waals surface area contributed by atoms with E-state index in [-0.39, 0.29) is 29.5 Å². The van der Waals surface area contributed by atoms with Gasteiger partial charge in [-0.05, 0) is 133 Å². The molecule has 3 aliphatic rings. The number of carbonyl (C=O) groups is 4. The van der Waals surface area contributed by atoms with Gasteiger partial charge in [0.15, 0.2) is 5.78 Å². The zero-order chi connectivity index (χ0) is 38.4. The van der Waals surface area contributed by atoms with E-state index < -0.39 is 12.1 Å². The third kappa shape index (κ3) is 16.0. The molecule has 2 aromatic rings. The minimum absolute atomic E-state index is 0.0367. The van der Waals surface area contributed by atoms with Crippen molar-refractivity contribution in [2.45, 2.75) is 121 Å². The van der Waals surface area contributed by atoms with Crippen molar-refractivity contribution in [3.05, 3.63) is 71.3 Å². The van der Waals surface area contributed by atoms with Crippen LogP contribution in [0.25, 0.3) is 0 Å². The average molecular weight is 746 g/mol. The van der Waals surface area contributed by atoms with Crippen molar-refractivity contribution < 1.29 is 19.2 Å². The highest BCUT2D eigenvalue weighted by atomic mass is 16.2. The molecule has 11 heteroatoms. The Kier molecular flexibility index (Phi) is 19.7. The summed E-state index contributed by atoms with van der Waals surface area (Å²) in [6.07, 6.45) is 14.9. The van der Waals surface area contributed by atoms with Crippen molar-refractivity contribution in [3.8, 4) is 0 Å². The average Bonchev–Trinajstić information content (AvgIpc) is 3.41. The molecule has 3 amide bonds. The molecule has 0 spiro atoms. The number of benzene rings is 2. The predicted octanol–water partition coefficient (Wildman–Crippen LogP) is 3.66. The second-order valence-corrected chi connectivity index (χ2v) is 15.3. The van der Waals surface area contributed by atoms with Crippen LogP contribution in [-0.4, -0.2) is 104 Å². The van der Waals surface area contributed by atoms with Crippen molar-refractivity contribution in [1.29, 1.82) is 0 Å². The van der Waals surface area contributed by atoms with Crippen molar-refractivity contribution in [3.63, 3.8) is 0 Å². The first kappa shape index (κ1) is 43.1. The Morgan fingerprint density at radius 2 is 1.11 bits per heavy atom. The number of likely N-dealkylation sites (tertiary alicyclic amines) is 2. The molecule has 2 fully saturated rings. The number of hydrogen-bond donors (Lipinski definition) is 5. The van der Waals surface area contributed by atoms with Crippen molar-refractivity contribution >= 4 is 23.5 Å². The highest BCUT2D eigenvalue weighted by Gasteiger charge is 2.27. The number of amides is 3. The predicted molar refractivity (Wildman–Crippen MR) is 216 cm³/mol. The van der Waals surface area contributed by atoms with Gasteiger partial charge in [-0.1, -0.05) is 73.9 Å². The van der Waals surface area contributed by atoms with Crippen LogP contribution in [0.5, 0.6) is 0 Å². The molecule has 5 rings (SSSR count). The Bertz CT molecular complexity index is 1380. The van der Waals surface area contributed by atoms with Crippen LogP contribution < -0.4 is 27.4 Å². The van der Waals surface area contributed by atoms with E-state index in [0.717, 1.165) is 84.0 Å². The van der Waals surface area contributed by atoms with E-state index in [0.29, 0.717) is 51.9 Å². The molecule has 2 aromatic carbocycles. The lowest BCUT2D eigenvalue weighted by atomic mass is 10.00. The second-order valence-electron chi connectivity index (χ2n) is 15.3. The lowest BCUT2D eigenvalue weighted by Crippen LogP contribution is -2.52. The van der Waals surface area contributed by atoms with Gasteiger partial charge in [-0.3, -0.25) is 29.0 Å². The summed E-state index contributed by atoms with van der Waals surface area (Å²) in [4.78, 5) is 54.7.